The first-order chi connectivity index (χ1) is 8.20. The van der Waals surface area contributed by atoms with E-state index in [1.54, 1.807) is 25.3 Å². The average Bonchev–Trinajstić information content (AvgIpc) is 2.26. The van der Waals surface area contributed by atoms with Crippen LogP contribution in [0, 0.1) is 0 Å². The van der Waals surface area contributed by atoms with Crippen molar-refractivity contribution >= 4 is 12.6 Å². The topological polar surface area (TPSA) is 68.2 Å². The van der Waals surface area contributed by atoms with E-state index in [-0.39, 0.29) is 6.10 Å². The number of rotatable bonds is 5. The Balaban J connectivity index is 2.07. The molecule has 0 atom stereocenters. The Morgan fingerprint density at radius 3 is 2.71 bits per heavy atom. The van der Waals surface area contributed by atoms with Crippen LogP contribution in [0.1, 0.15) is 5.56 Å². The first kappa shape index (κ1) is 12.4. The van der Waals surface area contributed by atoms with Crippen LogP contribution < -0.4 is 10.2 Å². The molecule has 1 fully saturated rings. The third-order valence-corrected chi connectivity index (χ3v) is 2.68. The van der Waals surface area contributed by atoms with Crippen LogP contribution >= 0.6 is 0 Å². The molecule has 0 unspecified atom stereocenters. The number of ether oxygens (including phenoxy) is 3. The first-order valence-corrected chi connectivity index (χ1v) is 5.43. The van der Waals surface area contributed by atoms with E-state index in [1.165, 1.54) is 0 Å². The summed E-state index contributed by atoms with van der Waals surface area (Å²) in [6, 6.07) is 4.98. The fraction of sp³-hybridized carbons (Fsp3) is 0.455. The Morgan fingerprint density at radius 2 is 2.18 bits per heavy atom. The third kappa shape index (κ3) is 2.98. The monoisotopic (exact) mass is 238 g/mol. The molecule has 1 heterocycles. The van der Waals surface area contributed by atoms with Crippen molar-refractivity contribution < 1.29 is 24.3 Å². The van der Waals surface area contributed by atoms with Gasteiger partial charge in [0.2, 0.25) is 0 Å². The van der Waals surface area contributed by atoms with E-state index in [4.69, 9.17) is 24.3 Å². The minimum absolute atomic E-state index is 0.127. The van der Waals surface area contributed by atoms with Crippen LogP contribution in [-0.2, 0) is 16.1 Å². The lowest BCUT2D eigenvalue weighted by molar-refractivity contribution is -0.135. The summed E-state index contributed by atoms with van der Waals surface area (Å²) >= 11 is 0. The smallest absolute Gasteiger partial charge is 0.488 e. The fourth-order valence-electron chi connectivity index (χ4n) is 1.59. The molecule has 1 aliphatic rings. The predicted octanol–water partition coefficient (Wildman–Crippen LogP) is -0.710. The van der Waals surface area contributed by atoms with Crippen LogP contribution in [0.4, 0.5) is 0 Å². The van der Waals surface area contributed by atoms with Crippen molar-refractivity contribution in [1.29, 1.82) is 0 Å². The second-order valence-electron chi connectivity index (χ2n) is 3.92. The standard InChI is InChI=1S/C11H15BO5/c1-15-11-3-2-9(12(13)14)4-8(11)5-17-10-6-16-7-10/h2-4,10,13-14H,5-7H2,1H3. The molecule has 5 nitrogen and oxygen atoms in total. The summed E-state index contributed by atoms with van der Waals surface area (Å²) in [5.74, 6) is 0.676. The highest BCUT2D eigenvalue weighted by atomic mass is 16.6. The Hall–Kier alpha value is -1.08. The normalized spacial score (nSPS) is 15.5. The predicted molar refractivity (Wildman–Crippen MR) is 62.2 cm³/mol. The molecule has 0 spiro atoms. The lowest BCUT2D eigenvalue weighted by Crippen LogP contribution is -2.36. The second-order valence-corrected chi connectivity index (χ2v) is 3.92. The Labute approximate surface area is 100 Å². The highest BCUT2D eigenvalue weighted by Crippen LogP contribution is 2.19. The van der Waals surface area contributed by atoms with E-state index in [1.807, 2.05) is 0 Å². The summed E-state index contributed by atoms with van der Waals surface area (Å²) < 4.78 is 15.8. The number of methoxy groups -OCH3 is 1. The molecule has 0 aliphatic carbocycles. The Bertz CT molecular complexity index is 378. The van der Waals surface area contributed by atoms with Gasteiger partial charge in [-0.05, 0) is 11.5 Å². The van der Waals surface area contributed by atoms with E-state index >= 15 is 0 Å². The lowest BCUT2D eigenvalue weighted by atomic mass is 9.79. The zero-order valence-electron chi connectivity index (χ0n) is 9.63. The zero-order valence-corrected chi connectivity index (χ0v) is 9.63. The molecule has 0 amide bonds. The third-order valence-electron chi connectivity index (χ3n) is 2.68. The summed E-state index contributed by atoms with van der Waals surface area (Å²) in [7, 11) is 0.0899. The molecule has 0 aromatic heterocycles. The molecule has 1 aromatic rings. The number of benzene rings is 1. The van der Waals surface area contributed by atoms with E-state index in [0.717, 1.165) is 5.56 Å². The van der Waals surface area contributed by atoms with Gasteiger partial charge >= 0.3 is 7.12 Å². The molecule has 92 valence electrons. The molecule has 1 aromatic carbocycles. The Kier molecular flexibility index (Phi) is 4.01. The highest BCUT2D eigenvalue weighted by Gasteiger charge is 2.20. The van der Waals surface area contributed by atoms with Gasteiger partial charge in [0.05, 0.1) is 26.9 Å². The van der Waals surface area contributed by atoms with E-state index in [0.29, 0.717) is 31.0 Å². The minimum Gasteiger partial charge on any atom is -0.496 e. The van der Waals surface area contributed by atoms with Crippen molar-refractivity contribution in [3.63, 3.8) is 0 Å². The molecule has 17 heavy (non-hydrogen) atoms. The van der Waals surface area contributed by atoms with Crippen molar-refractivity contribution in [2.75, 3.05) is 20.3 Å². The summed E-state index contributed by atoms with van der Waals surface area (Å²) in [5, 5.41) is 18.2. The average molecular weight is 238 g/mol. The van der Waals surface area contributed by atoms with Crippen LogP contribution in [0.3, 0.4) is 0 Å². The van der Waals surface area contributed by atoms with Gasteiger partial charge in [-0.1, -0.05) is 12.1 Å². The lowest BCUT2D eigenvalue weighted by Gasteiger charge is -2.26. The van der Waals surface area contributed by atoms with Gasteiger partial charge in [0.1, 0.15) is 11.9 Å². The maximum atomic E-state index is 9.10. The van der Waals surface area contributed by atoms with Gasteiger partial charge in [-0.15, -0.1) is 0 Å². The molecule has 0 saturated carbocycles. The second kappa shape index (κ2) is 5.51. The van der Waals surface area contributed by atoms with E-state index < -0.39 is 7.12 Å². The van der Waals surface area contributed by atoms with E-state index in [2.05, 4.69) is 0 Å². The quantitative estimate of drug-likeness (QED) is 0.663. The SMILES string of the molecule is COc1ccc(B(O)O)cc1COC1COC1. The van der Waals surface area contributed by atoms with Gasteiger partial charge < -0.3 is 24.3 Å². The first-order valence-electron chi connectivity index (χ1n) is 5.43. The molecule has 2 N–H and O–H groups in total. The fourth-order valence-corrected chi connectivity index (χ4v) is 1.59. The zero-order chi connectivity index (χ0) is 12.3. The van der Waals surface area contributed by atoms with Gasteiger partial charge in [0.15, 0.2) is 0 Å². The van der Waals surface area contributed by atoms with Crippen LogP contribution in [0.2, 0.25) is 0 Å². The molecular formula is C11H15BO5. The van der Waals surface area contributed by atoms with Crippen molar-refractivity contribution in [2.24, 2.45) is 0 Å². The molecule has 0 bridgehead atoms. The maximum Gasteiger partial charge on any atom is 0.488 e. The van der Waals surface area contributed by atoms with Crippen LogP contribution in [0.15, 0.2) is 18.2 Å². The minimum atomic E-state index is -1.48. The van der Waals surface area contributed by atoms with Gasteiger partial charge in [0, 0.05) is 5.56 Å². The van der Waals surface area contributed by atoms with Crippen LogP contribution in [-0.4, -0.2) is 43.6 Å². The molecule has 0 radical (unpaired) electrons. The van der Waals surface area contributed by atoms with Gasteiger partial charge in [-0.3, -0.25) is 0 Å². The molecule has 2 rings (SSSR count). The van der Waals surface area contributed by atoms with Crippen molar-refractivity contribution in [3.8, 4) is 5.75 Å². The van der Waals surface area contributed by atoms with Gasteiger partial charge in [-0.2, -0.15) is 0 Å². The molecule has 6 heteroatoms. The number of hydrogen-bond acceptors (Lipinski definition) is 5. The summed E-state index contributed by atoms with van der Waals surface area (Å²) in [5.41, 5.74) is 1.22. The highest BCUT2D eigenvalue weighted by molar-refractivity contribution is 6.58. The van der Waals surface area contributed by atoms with Gasteiger partial charge in [0.25, 0.3) is 0 Å². The maximum absolute atomic E-state index is 9.10. The van der Waals surface area contributed by atoms with Crippen LogP contribution in [0.5, 0.6) is 5.75 Å². The molecular weight excluding hydrogens is 223 g/mol. The summed E-state index contributed by atoms with van der Waals surface area (Å²) in [4.78, 5) is 0. The molecule has 1 aliphatic heterocycles. The Morgan fingerprint density at radius 1 is 1.41 bits per heavy atom. The largest absolute Gasteiger partial charge is 0.496 e. The van der Waals surface area contributed by atoms with Gasteiger partial charge in [-0.25, -0.2) is 0 Å². The van der Waals surface area contributed by atoms with Crippen molar-refractivity contribution in [1.82, 2.24) is 0 Å². The van der Waals surface area contributed by atoms with E-state index in [9.17, 15) is 0 Å². The molecule has 1 saturated heterocycles. The van der Waals surface area contributed by atoms with Crippen LogP contribution in [0.25, 0.3) is 0 Å². The van der Waals surface area contributed by atoms with Crippen molar-refractivity contribution in [3.05, 3.63) is 23.8 Å². The summed E-state index contributed by atoms with van der Waals surface area (Å²) in [6.45, 7) is 1.60. The summed E-state index contributed by atoms with van der Waals surface area (Å²) in [6.07, 6.45) is 0.127. The van der Waals surface area contributed by atoms with Crippen molar-refractivity contribution in [2.45, 2.75) is 12.7 Å². The number of hydrogen-bond donors (Lipinski definition) is 2.